The highest BCUT2D eigenvalue weighted by Gasteiger charge is 2.21. The zero-order valence-corrected chi connectivity index (χ0v) is 13.4. The molecule has 0 heterocycles. The summed E-state index contributed by atoms with van der Waals surface area (Å²) in [6, 6.07) is 4.43. The summed E-state index contributed by atoms with van der Waals surface area (Å²) in [5.74, 6) is -0.281. The van der Waals surface area contributed by atoms with E-state index in [0.717, 1.165) is 5.56 Å². The number of benzene rings is 1. The van der Waals surface area contributed by atoms with Crippen molar-refractivity contribution >= 4 is 23.5 Å². The van der Waals surface area contributed by atoms with Gasteiger partial charge in [-0.1, -0.05) is 11.6 Å². The van der Waals surface area contributed by atoms with E-state index in [2.05, 4.69) is 5.32 Å². The van der Waals surface area contributed by atoms with Gasteiger partial charge < -0.3 is 14.8 Å². The molecule has 0 aliphatic carbocycles. The summed E-state index contributed by atoms with van der Waals surface area (Å²) in [6.07, 6.45) is -0.734. The molecule has 21 heavy (non-hydrogen) atoms. The Morgan fingerprint density at radius 3 is 2.57 bits per heavy atom. The molecule has 1 rings (SSSR count). The fraction of sp³-hybridized carbons (Fsp3) is 0.467. The number of hydrogen-bond acceptors (Lipinski definition) is 4. The molecule has 0 bridgehead atoms. The Morgan fingerprint density at radius 1 is 1.33 bits per heavy atom. The van der Waals surface area contributed by atoms with Gasteiger partial charge in [-0.15, -0.1) is 0 Å². The maximum absolute atomic E-state index is 12.0. The van der Waals surface area contributed by atoms with Gasteiger partial charge in [-0.25, -0.2) is 4.79 Å². The molecule has 5 nitrogen and oxygen atoms in total. The van der Waals surface area contributed by atoms with Crippen molar-refractivity contribution in [3.8, 4) is 5.75 Å². The Kier molecular flexibility index (Phi) is 6.49. The van der Waals surface area contributed by atoms with Crippen LogP contribution < -0.4 is 10.1 Å². The number of ether oxygens (including phenoxy) is 2. The maximum atomic E-state index is 12.0. The average molecular weight is 314 g/mol. The molecule has 116 valence electrons. The van der Waals surface area contributed by atoms with Gasteiger partial charge >= 0.3 is 5.97 Å². The van der Waals surface area contributed by atoms with Crippen LogP contribution in [0.15, 0.2) is 18.2 Å². The molecule has 0 aliphatic heterocycles. The number of amides is 1. The Bertz CT molecular complexity index is 518. The predicted molar refractivity (Wildman–Crippen MR) is 80.5 cm³/mol. The second-order valence-electron chi connectivity index (χ2n) is 4.65. The molecule has 0 saturated carbocycles. The molecule has 2 atom stereocenters. The van der Waals surface area contributed by atoms with Crippen LogP contribution in [0.3, 0.4) is 0 Å². The fourth-order valence-electron chi connectivity index (χ4n) is 1.65. The number of halogens is 1. The lowest BCUT2D eigenvalue weighted by Crippen LogP contribution is -2.45. The van der Waals surface area contributed by atoms with Crippen LogP contribution in [0.2, 0.25) is 5.02 Å². The normalized spacial score (nSPS) is 13.2. The average Bonchev–Trinajstić information content (AvgIpc) is 2.41. The Balaban J connectivity index is 2.60. The molecular weight excluding hydrogens is 294 g/mol. The van der Waals surface area contributed by atoms with E-state index < -0.39 is 18.1 Å². The molecule has 1 amide bonds. The first-order valence-electron chi connectivity index (χ1n) is 6.75. The van der Waals surface area contributed by atoms with Gasteiger partial charge in [0.25, 0.3) is 5.91 Å². The van der Waals surface area contributed by atoms with Gasteiger partial charge in [0.05, 0.1) is 6.61 Å². The van der Waals surface area contributed by atoms with Gasteiger partial charge in [-0.05, 0) is 51.5 Å². The lowest BCUT2D eigenvalue weighted by Gasteiger charge is -2.18. The van der Waals surface area contributed by atoms with Crippen LogP contribution >= 0.6 is 11.6 Å². The second kappa shape index (κ2) is 7.88. The molecule has 0 fully saturated rings. The highest BCUT2D eigenvalue weighted by molar-refractivity contribution is 6.30. The number of hydrogen-bond donors (Lipinski definition) is 1. The summed E-state index contributed by atoms with van der Waals surface area (Å²) in [5.41, 5.74) is 0.834. The molecule has 0 aliphatic rings. The largest absolute Gasteiger partial charge is 0.481 e. The van der Waals surface area contributed by atoms with Gasteiger partial charge in [-0.2, -0.15) is 0 Å². The molecule has 1 aromatic carbocycles. The van der Waals surface area contributed by atoms with E-state index in [1.807, 2.05) is 6.92 Å². The first kappa shape index (κ1) is 17.3. The van der Waals surface area contributed by atoms with E-state index in [4.69, 9.17) is 21.1 Å². The summed E-state index contributed by atoms with van der Waals surface area (Å²) >= 11 is 5.86. The molecule has 2 unspecified atom stereocenters. The van der Waals surface area contributed by atoms with E-state index in [9.17, 15) is 9.59 Å². The fourth-order valence-corrected chi connectivity index (χ4v) is 1.87. The van der Waals surface area contributed by atoms with Crippen LogP contribution in [0.5, 0.6) is 5.75 Å². The zero-order valence-electron chi connectivity index (χ0n) is 12.6. The van der Waals surface area contributed by atoms with Gasteiger partial charge in [0, 0.05) is 5.02 Å². The van der Waals surface area contributed by atoms with Crippen molar-refractivity contribution in [1.29, 1.82) is 0 Å². The molecule has 1 N–H and O–H groups in total. The Labute approximate surface area is 129 Å². The van der Waals surface area contributed by atoms with Gasteiger partial charge in [0.2, 0.25) is 0 Å². The van der Waals surface area contributed by atoms with Crippen LogP contribution in [0.1, 0.15) is 26.3 Å². The van der Waals surface area contributed by atoms with Crippen molar-refractivity contribution in [3.05, 3.63) is 28.8 Å². The topological polar surface area (TPSA) is 64.6 Å². The third-order valence-corrected chi connectivity index (χ3v) is 3.04. The van der Waals surface area contributed by atoms with Crippen LogP contribution in [0, 0.1) is 6.92 Å². The molecular formula is C15H20ClNO4. The van der Waals surface area contributed by atoms with Crippen LogP contribution in [-0.2, 0) is 14.3 Å². The number of nitrogens with one attached hydrogen (secondary N) is 1. The van der Waals surface area contributed by atoms with E-state index in [-0.39, 0.29) is 12.5 Å². The minimum Gasteiger partial charge on any atom is -0.481 e. The minimum absolute atomic E-state index is 0.273. The van der Waals surface area contributed by atoms with Crippen molar-refractivity contribution in [3.63, 3.8) is 0 Å². The molecule has 0 radical (unpaired) electrons. The van der Waals surface area contributed by atoms with Gasteiger partial charge in [0.15, 0.2) is 6.10 Å². The van der Waals surface area contributed by atoms with E-state index in [0.29, 0.717) is 10.8 Å². The first-order chi connectivity index (χ1) is 9.85. The van der Waals surface area contributed by atoms with Crippen molar-refractivity contribution in [1.82, 2.24) is 5.32 Å². The number of aryl methyl sites for hydroxylation is 1. The molecule has 6 heteroatoms. The molecule has 0 saturated heterocycles. The number of carbonyl (C=O) groups excluding carboxylic acids is 2. The Hall–Kier alpha value is -1.75. The standard InChI is InChI=1S/C15H20ClNO4/c1-5-20-15(19)10(3)17-14(18)11(4)21-13-7-6-12(16)8-9(13)2/h6-8,10-11H,5H2,1-4H3,(H,17,18). The molecule has 0 aromatic heterocycles. The summed E-state index contributed by atoms with van der Waals surface area (Å²) in [7, 11) is 0. The van der Waals surface area contributed by atoms with Crippen molar-refractivity contribution in [2.24, 2.45) is 0 Å². The SMILES string of the molecule is CCOC(=O)C(C)NC(=O)C(C)Oc1ccc(Cl)cc1C. The predicted octanol–water partition coefficient (Wildman–Crippen LogP) is 2.48. The number of carbonyl (C=O) groups is 2. The van der Waals surface area contributed by atoms with Crippen molar-refractivity contribution < 1.29 is 19.1 Å². The van der Waals surface area contributed by atoms with Crippen molar-refractivity contribution in [2.75, 3.05) is 6.61 Å². The summed E-state index contributed by atoms with van der Waals surface area (Å²) in [6.45, 7) is 7.00. The zero-order chi connectivity index (χ0) is 16.0. The summed E-state index contributed by atoms with van der Waals surface area (Å²) < 4.78 is 10.4. The molecule has 0 spiro atoms. The van der Waals surface area contributed by atoms with E-state index in [1.54, 1.807) is 39.0 Å². The smallest absolute Gasteiger partial charge is 0.328 e. The van der Waals surface area contributed by atoms with Crippen LogP contribution in [0.25, 0.3) is 0 Å². The van der Waals surface area contributed by atoms with Gasteiger partial charge in [-0.3, -0.25) is 4.79 Å². The van der Waals surface area contributed by atoms with Gasteiger partial charge in [0.1, 0.15) is 11.8 Å². The second-order valence-corrected chi connectivity index (χ2v) is 5.09. The summed E-state index contributed by atoms with van der Waals surface area (Å²) in [5, 5.41) is 3.16. The third-order valence-electron chi connectivity index (χ3n) is 2.81. The number of rotatable bonds is 6. The quantitative estimate of drug-likeness (QED) is 0.819. The monoisotopic (exact) mass is 313 g/mol. The van der Waals surface area contributed by atoms with E-state index >= 15 is 0 Å². The number of esters is 1. The maximum Gasteiger partial charge on any atom is 0.328 e. The van der Waals surface area contributed by atoms with Crippen molar-refractivity contribution in [2.45, 2.75) is 39.8 Å². The van der Waals surface area contributed by atoms with E-state index in [1.165, 1.54) is 0 Å². The first-order valence-corrected chi connectivity index (χ1v) is 7.12. The Morgan fingerprint density at radius 2 is 2.00 bits per heavy atom. The lowest BCUT2D eigenvalue weighted by atomic mass is 10.2. The summed E-state index contributed by atoms with van der Waals surface area (Å²) in [4.78, 5) is 23.4. The third kappa shape index (κ3) is 5.27. The molecule has 1 aromatic rings. The van der Waals surface area contributed by atoms with Crippen LogP contribution in [0.4, 0.5) is 0 Å². The highest BCUT2D eigenvalue weighted by Crippen LogP contribution is 2.22. The highest BCUT2D eigenvalue weighted by atomic mass is 35.5. The lowest BCUT2D eigenvalue weighted by molar-refractivity contribution is -0.147. The minimum atomic E-state index is -0.734. The van der Waals surface area contributed by atoms with Crippen LogP contribution in [-0.4, -0.2) is 30.6 Å².